The molecule has 136 valence electrons. The Morgan fingerprint density at radius 1 is 0.556 bits per heavy atom. The maximum atomic E-state index is 3.18. The van der Waals surface area contributed by atoms with Crippen molar-refractivity contribution in [2.24, 2.45) is 0 Å². The van der Waals surface area contributed by atoms with Crippen molar-refractivity contribution in [3.8, 4) is 23.7 Å². The van der Waals surface area contributed by atoms with E-state index in [0.29, 0.717) is 0 Å². The first-order valence-electron chi connectivity index (χ1n) is 8.48. The average Bonchev–Trinajstić information content (AvgIpc) is 3.42. The predicted octanol–water partition coefficient (Wildman–Crippen LogP) is 5.61. The minimum atomic E-state index is 0. The van der Waals surface area contributed by atoms with Gasteiger partial charge in [-0.15, -0.1) is 12.1 Å². The van der Waals surface area contributed by atoms with Crippen LogP contribution in [0.1, 0.15) is 22.3 Å². The molecule has 0 aliphatic rings. The second-order valence-corrected chi connectivity index (χ2v) is 5.58. The number of hydrogen-bond donors (Lipinski definition) is 0. The molecule has 27 heavy (non-hydrogen) atoms. The Kier molecular flexibility index (Phi) is 8.49. The summed E-state index contributed by atoms with van der Waals surface area (Å²) in [7, 11) is 0. The van der Waals surface area contributed by atoms with E-state index >= 15 is 0 Å². The molecule has 0 aliphatic carbocycles. The van der Waals surface area contributed by atoms with Crippen molar-refractivity contribution >= 4 is 0 Å². The van der Waals surface area contributed by atoms with E-state index in [4.69, 9.17) is 0 Å². The molecular formula is C26H18Fe-6. The Labute approximate surface area is 172 Å². The van der Waals surface area contributed by atoms with E-state index in [1.165, 1.54) is 0 Å². The van der Waals surface area contributed by atoms with Gasteiger partial charge in [0, 0.05) is 28.2 Å². The van der Waals surface area contributed by atoms with Crippen molar-refractivity contribution < 1.29 is 17.1 Å². The van der Waals surface area contributed by atoms with Crippen LogP contribution in [0, 0.1) is 23.7 Å². The molecule has 0 heterocycles. The largest absolute Gasteiger partial charge is 0.748 e. The van der Waals surface area contributed by atoms with Crippen LogP contribution in [-0.2, 0) is 17.1 Å². The number of hydrogen-bond acceptors (Lipinski definition) is 0. The van der Waals surface area contributed by atoms with E-state index < -0.39 is 0 Å². The Balaban J connectivity index is 0.000000379. The summed E-state index contributed by atoms with van der Waals surface area (Å²) in [5.74, 6) is 12.6. The monoisotopic (exact) mass is 386 g/mol. The minimum absolute atomic E-state index is 0. The van der Waals surface area contributed by atoms with Crippen LogP contribution >= 0.6 is 0 Å². The third-order valence-electron chi connectivity index (χ3n) is 3.56. The number of benzene rings is 2. The molecule has 0 aromatic heterocycles. The van der Waals surface area contributed by atoms with Crippen LogP contribution < -0.4 is 0 Å². The normalized spacial score (nSPS) is 8.59. The standard InChI is InChI=1S/C21H13.C5H5.Fe/c1-2-7-18(8-3-1)13-15-20-11-6-12-21(17-20)16-14-19-9-4-5-10-19;1-2-4-5-3-1;/h1-12,17H;1-5H;/q-1;-5;. The summed E-state index contributed by atoms with van der Waals surface area (Å²) < 4.78 is 0. The summed E-state index contributed by atoms with van der Waals surface area (Å²) in [6.45, 7) is 0. The summed E-state index contributed by atoms with van der Waals surface area (Å²) >= 11 is 0. The molecule has 4 rings (SSSR count). The second-order valence-electron chi connectivity index (χ2n) is 5.58. The van der Waals surface area contributed by atoms with Crippen LogP contribution in [0.3, 0.4) is 0 Å². The van der Waals surface area contributed by atoms with Gasteiger partial charge in [0.25, 0.3) is 0 Å². The van der Waals surface area contributed by atoms with Crippen LogP contribution in [0.25, 0.3) is 0 Å². The molecule has 4 aromatic carbocycles. The Bertz CT molecular complexity index is 999. The summed E-state index contributed by atoms with van der Waals surface area (Å²) in [4.78, 5) is 0. The van der Waals surface area contributed by atoms with Crippen molar-refractivity contribution in [3.63, 3.8) is 0 Å². The molecule has 0 bridgehead atoms. The van der Waals surface area contributed by atoms with Gasteiger partial charge in [0.2, 0.25) is 0 Å². The zero-order valence-electron chi connectivity index (χ0n) is 14.7. The third kappa shape index (κ3) is 7.27. The molecule has 0 saturated carbocycles. The molecule has 0 fully saturated rings. The molecule has 0 spiro atoms. The van der Waals surface area contributed by atoms with E-state index in [-0.39, 0.29) is 17.1 Å². The molecule has 0 nitrogen and oxygen atoms in total. The zero-order valence-corrected chi connectivity index (χ0v) is 15.9. The van der Waals surface area contributed by atoms with Crippen LogP contribution in [0.4, 0.5) is 0 Å². The second kappa shape index (κ2) is 11.4. The first-order chi connectivity index (χ1) is 12.9. The minimum Gasteiger partial charge on any atom is -0.748 e. The van der Waals surface area contributed by atoms with Gasteiger partial charge in [0.15, 0.2) is 0 Å². The average molecular weight is 386 g/mol. The maximum Gasteiger partial charge on any atom is 0.0252 e. The fraction of sp³-hybridized carbons (Fsp3) is 0. The van der Waals surface area contributed by atoms with E-state index in [1.807, 2.05) is 109 Å². The fourth-order valence-electron chi connectivity index (χ4n) is 2.26. The molecule has 0 amide bonds. The fourth-order valence-corrected chi connectivity index (χ4v) is 2.26. The summed E-state index contributed by atoms with van der Waals surface area (Å²) in [5, 5.41) is 0. The van der Waals surface area contributed by atoms with Gasteiger partial charge in [-0.3, -0.25) is 0 Å². The first kappa shape index (κ1) is 20.1. The SMILES string of the molecule is C(#Cc1cccc(C#C[c-]2cccc2)c1)c1ccccc1.[Fe].[cH-]1[cH-][cH-][cH-][cH-]1. The van der Waals surface area contributed by atoms with E-state index in [9.17, 15) is 0 Å². The molecular weight excluding hydrogens is 368 g/mol. The molecule has 0 unspecified atom stereocenters. The topological polar surface area (TPSA) is 0 Å². The molecule has 0 aliphatic heterocycles. The zero-order chi connectivity index (χ0) is 17.9. The molecule has 0 atom stereocenters. The first-order valence-corrected chi connectivity index (χ1v) is 8.48. The Morgan fingerprint density at radius 2 is 1.07 bits per heavy atom. The van der Waals surface area contributed by atoms with Gasteiger partial charge in [0.1, 0.15) is 0 Å². The van der Waals surface area contributed by atoms with Gasteiger partial charge in [-0.2, -0.15) is 24.0 Å². The molecule has 0 saturated heterocycles. The Morgan fingerprint density at radius 3 is 1.70 bits per heavy atom. The third-order valence-corrected chi connectivity index (χ3v) is 3.56. The van der Waals surface area contributed by atoms with Crippen molar-refractivity contribution in [3.05, 3.63) is 131 Å². The van der Waals surface area contributed by atoms with Crippen LogP contribution in [-0.4, -0.2) is 0 Å². The molecule has 0 N–H and O–H groups in total. The van der Waals surface area contributed by atoms with Gasteiger partial charge in [-0.1, -0.05) is 47.7 Å². The predicted molar refractivity (Wildman–Crippen MR) is 109 cm³/mol. The summed E-state index contributed by atoms with van der Waals surface area (Å²) in [6.07, 6.45) is 0. The van der Waals surface area contributed by atoms with Gasteiger partial charge >= 0.3 is 0 Å². The molecule has 4 aromatic rings. The van der Waals surface area contributed by atoms with Gasteiger partial charge in [-0.25, -0.2) is 0 Å². The maximum absolute atomic E-state index is 3.18. The van der Waals surface area contributed by atoms with Crippen molar-refractivity contribution in [2.75, 3.05) is 0 Å². The molecule has 0 radical (unpaired) electrons. The van der Waals surface area contributed by atoms with Gasteiger partial charge < -0.3 is 30.3 Å². The quantitative estimate of drug-likeness (QED) is 0.209. The van der Waals surface area contributed by atoms with Crippen molar-refractivity contribution in [1.82, 2.24) is 0 Å². The van der Waals surface area contributed by atoms with Crippen LogP contribution in [0.15, 0.2) is 109 Å². The number of rotatable bonds is 0. The van der Waals surface area contributed by atoms with E-state index in [2.05, 4.69) is 23.7 Å². The van der Waals surface area contributed by atoms with E-state index in [0.717, 1.165) is 22.3 Å². The molecule has 1 heteroatoms. The summed E-state index contributed by atoms with van der Waals surface area (Å²) in [6, 6.07) is 36.0. The Hall–Kier alpha value is -3.22. The van der Waals surface area contributed by atoms with Crippen molar-refractivity contribution in [1.29, 1.82) is 0 Å². The summed E-state index contributed by atoms with van der Waals surface area (Å²) in [5.41, 5.74) is 4.02. The van der Waals surface area contributed by atoms with E-state index in [1.54, 1.807) is 0 Å². The van der Waals surface area contributed by atoms with Crippen LogP contribution in [0.2, 0.25) is 0 Å². The van der Waals surface area contributed by atoms with Gasteiger partial charge in [-0.05, 0) is 29.8 Å². The van der Waals surface area contributed by atoms with Gasteiger partial charge in [0.05, 0.1) is 0 Å². The smallest absolute Gasteiger partial charge is 0.0252 e. The van der Waals surface area contributed by atoms with Crippen LogP contribution in [0.5, 0.6) is 0 Å². The van der Waals surface area contributed by atoms with Crippen molar-refractivity contribution in [2.45, 2.75) is 0 Å².